The van der Waals surface area contributed by atoms with Gasteiger partial charge in [0.25, 0.3) is 5.91 Å². The number of H-pyrrole nitrogens is 1. The first kappa shape index (κ1) is 12.4. The maximum atomic E-state index is 11.9. The van der Waals surface area contributed by atoms with Crippen LogP contribution in [0.5, 0.6) is 0 Å². The van der Waals surface area contributed by atoms with Gasteiger partial charge in [-0.1, -0.05) is 0 Å². The number of nitrogens with two attached hydrogens (primary N) is 1. The van der Waals surface area contributed by atoms with Crippen molar-refractivity contribution in [3.8, 4) is 0 Å². The predicted octanol–water partition coefficient (Wildman–Crippen LogP) is 0.161. The molecule has 4 N–H and O–H groups in total. The molecule has 1 fully saturated rings. The van der Waals surface area contributed by atoms with Crippen molar-refractivity contribution in [1.82, 2.24) is 15.5 Å². The predicted molar refractivity (Wildman–Crippen MR) is 63.9 cm³/mol. The van der Waals surface area contributed by atoms with Crippen molar-refractivity contribution in [2.24, 2.45) is 0 Å². The highest BCUT2D eigenvalue weighted by Crippen LogP contribution is 2.42. The van der Waals surface area contributed by atoms with Gasteiger partial charge < -0.3 is 15.8 Å². The number of ether oxygens (including phenoxy) is 1. The fraction of sp³-hybridized carbons (Fsp3) is 0.545. The number of aromatic nitrogens is 2. The summed E-state index contributed by atoms with van der Waals surface area (Å²) in [5, 5.41) is 9.17. The van der Waals surface area contributed by atoms with Gasteiger partial charge in [-0.25, -0.2) is 4.79 Å². The van der Waals surface area contributed by atoms with E-state index in [1.54, 1.807) is 0 Å². The smallest absolute Gasteiger partial charge is 0.328 e. The van der Waals surface area contributed by atoms with E-state index in [2.05, 4.69) is 20.3 Å². The van der Waals surface area contributed by atoms with Crippen LogP contribution in [-0.2, 0) is 9.53 Å². The van der Waals surface area contributed by atoms with Crippen LogP contribution in [0.1, 0.15) is 41.9 Å². The van der Waals surface area contributed by atoms with E-state index >= 15 is 0 Å². The molecule has 7 nitrogen and oxygen atoms in total. The maximum Gasteiger partial charge on any atom is 0.328 e. The van der Waals surface area contributed by atoms with Crippen LogP contribution in [0.2, 0.25) is 0 Å². The Bertz CT molecular complexity index is 479. The lowest BCUT2D eigenvalue weighted by Gasteiger charge is -2.10. The summed E-state index contributed by atoms with van der Waals surface area (Å²) in [7, 11) is 1.26. The van der Waals surface area contributed by atoms with Crippen molar-refractivity contribution in [2.45, 2.75) is 31.7 Å². The molecule has 0 aromatic carbocycles. The molecule has 1 aromatic rings. The molecular formula is C11H16N4O3. The molecule has 1 amide bonds. The number of carbonyl (C=O) groups is 2. The molecule has 1 atom stereocenters. The number of nitrogens with one attached hydrogen (secondary N) is 2. The van der Waals surface area contributed by atoms with Gasteiger partial charge in [-0.15, -0.1) is 0 Å². The summed E-state index contributed by atoms with van der Waals surface area (Å²) in [6, 6.07) is -0.733. The molecular weight excluding hydrogens is 236 g/mol. The summed E-state index contributed by atoms with van der Waals surface area (Å²) < 4.78 is 4.52. The SMILES string of the molecule is COC(=O)C(C)NC(=O)c1n[nH]c(C2CC2)c1N. The first-order valence-electron chi connectivity index (χ1n) is 5.77. The Morgan fingerprint density at radius 3 is 2.78 bits per heavy atom. The lowest BCUT2D eigenvalue weighted by atomic mass is 10.2. The zero-order chi connectivity index (χ0) is 13.3. The summed E-state index contributed by atoms with van der Waals surface area (Å²) in [5.41, 5.74) is 7.17. The van der Waals surface area contributed by atoms with Gasteiger partial charge in [-0.05, 0) is 19.8 Å². The topological polar surface area (TPSA) is 110 Å². The molecule has 0 saturated heterocycles. The van der Waals surface area contributed by atoms with E-state index in [0.29, 0.717) is 11.6 Å². The van der Waals surface area contributed by atoms with E-state index in [1.165, 1.54) is 14.0 Å². The van der Waals surface area contributed by atoms with Crippen molar-refractivity contribution in [1.29, 1.82) is 0 Å². The second-order valence-electron chi connectivity index (χ2n) is 4.39. The summed E-state index contributed by atoms with van der Waals surface area (Å²) in [5.74, 6) is -0.606. The second-order valence-corrected chi connectivity index (χ2v) is 4.39. The maximum absolute atomic E-state index is 11.9. The second kappa shape index (κ2) is 4.67. The Hall–Kier alpha value is -2.05. The van der Waals surface area contributed by atoms with E-state index in [1.807, 2.05) is 0 Å². The van der Waals surface area contributed by atoms with Gasteiger partial charge in [0, 0.05) is 5.92 Å². The van der Waals surface area contributed by atoms with E-state index < -0.39 is 17.9 Å². The Kier molecular flexibility index (Phi) is 3.22. The molecule has 1 aliphatic rings. The third-order valence-corrected chi connectivity index (χ3v) is 2.94. The average molecular weight is 252 g/mol. The van der Waals surface area contributed by atoms with Gasteiger partial charge in [-0.3, -0.25) is 9.89 Å². The fourth-order valence-electron chi connectivity index (χ4n) is 1.72. The number of rotatable bonds is 4. The van der Waals surface area contributed by atoms with E-state index in [4.69, 9.17) is 5.73 Å². The van der Waals surface area contributed by atoms with Crippen LogP contribution in [0.15, 0.2) is 0 Å². The molecule has 1 aromatic heterocycles. The highest BCUT2D eigenvalue weighted by molar-refractivity contribution is 5.99. The zero-order valence-electron chi connectivity index (χ0n) is 10.3. The Morgan fingerprint density at radius 2 is 2.22 bits per heavy atom. The number of esters is 1. The van der Waals surface area contributed by atoms with Gasteiger partial charge in [0.05, 0.1) is 18.5 Å². The highest BCUT2D eigenvalue weighted by atomic mass is 16.5. The molecule has 2 rings (SSSR count). The molecule has 0 aliphatic heterocycles. The first-order chi connectivity index (χ1) is 8.54. The van der Waals surface area contributed by atoms with Crippen molar-refractivity contribution >= 4 is 17.6 Å². The number of anilines is 1. The third-order valence-electron chi connectivity index (χ3n) is 2.94. The molecule has 0 spiro atoms. The standard InChI is InChI=1S/C11H16N4O3/c1-5(11(17)18-2)13-10(16)9-7(12)8(14-15-9)6-3-4-6/h5-6H,3-4,12H2,1-2H3,(H,13,16)(H,14,15). The molecule has 1 heterocycles. The molecule has 1 unspecified atom stereocenters. The molecule has 98 valence electrons. The Morgan fingerprint density at radius 1 is 1.56 bits per heavy atom. The van der Waals surface area contributed by atoms with Gasteiger partial charge in [-0.2, -0.15) is 5.10 Å². The monoisotopic (exact) mass is 252 g/mol. The Balaban J connectivity index is 2.07. The summed E-state index contributed by atoms with van der Waals surface area (Å²) in [6.45, 7) is 1.54. The summed E-state index contributed by atoms with van der Waals surface area (Å²) in [4.78, 5) is 23.1. The fourth-order valence-corrected chi connectivity index (χ4v) is 1.72. The van der Waals surface area contributed by atoms with Crippen LogP contribution < -0.4 is 11.1 Å². The minimum atomic E-state index is -0.733. The van der Waals surface area contributed by atoms with E-state index in [-0.39, 0.29) is 5.69 Å². The lowest BCUT2D eigenvalue weighted by molar-refractivity contribution is -0.142. The molecule has 1 saturated carbocycles. The van der Waals surface area contributed by atoms with E-state index in [0.717, 1.165) is 18.5 Å². The third kappa shape index (κ3) is 2.29. The summed E-state index contributed by atoms with van der Waals surface area (Å²) >= 11 is 0. The van der Waals surface area contributed by atoms with Crippen LogP contribution in [-0.4, -0.2) is 35.2 Å². The number of aromatic amines is 1. The average Bonchev–Trinajstić information content (AvgIpc) is 3.11. The first-order valence-corrected chi connectivity index (χ1v) is 5.77. The van der Waals surface area contributed by atoms with Crippen LogP contribution in [0.4, 0.5) is 5.69 Å². The van der Waals surface area contributed by atoms with Gasteiger partial charge in [0.1, 0.15) is 6.04 Å². The number of nitrogens with zero attached hydrogens (tertiary/aromatic N) is 1. The molecule has 1 aliphatic carbocycles. The lowest BCUT2D eigenvalue weighted by Crippen LogP contribution is -2.39. The minimum absolute atomic E-state index is 0.132. The zero-order valence-corrected chi connectivity index (χ0v) is 10.3. The minimum Gasteiger partial charge on any atom is -0.467 e. The van der Waals surface area contributed by atoms with Gasteiger partial charge in [0.2, 0.25) is 0 Å². The number of amides is 1. The highest BCUT2D eigenvalue weighted by Gasteiger charge is 2.30. The van der Waals surface area contributed by atoms with E-state index in [9.17, 15) is 9.59 Å². The number of nitrogen functional groups attached to an aromatic ring is 1. The molecule has 18 heavy (non-hydrogen) atoms. The van der Waals surface area contributed by atoms with Crippen molar-refractivity contribution in [3.05, 3.63) is 11.4 Å². The van der Waals surface area contributed by atoms with Crippen molar-refractivity contribution in [3.63, 3.8) is 0 Å². The van der Waals surface area contributed by atoms with Crippen molar-refractivity contribution in [2.75, 3.05) is 12.8 Å². The van der Waals surface area contributed by atoms with Crippen LogP contribution in [0.3, 0.4) is 0 Å². The van der Waals surface area contributed by atoms with Crippen LogP contribution in [0, 0.1) is 0 Å². The van der Waals surface area contributed by atoms with Crippen LogP contribution >= 0.6 is 0 Å². The van der Waals surface area contributed by atoms with Gasteiger partial charge >= 0.3 is 5.97 Å². The number of carbonyl (C=O) groups excluding carboxylic acids is 2. The normalized spacial score (nSPS) is 16.1. The van der Waals surface area contributed by atoms with Crippen molar-refractivity contribution < 1.29 is 14.3 Å². The van der Waals surface area contributed by atoms with Gasteiger partial charge in [0.15, 0.2) is 5.69 Å². The number of hydrogen-bond acceptors (Lipinski definition) is 5. The molecule has 0 bridgehead atoms. The molecule has 0 radical (unpaired) electrons. The van der Waals surface area contributed by atoms with Crippen LogP contribution in [0.25, 0.3) is 0 Å². The molecule has 7 heteroatoms. The Labute approximate surface area is 104 Å². The summed E-state index contributed by atoms with van der Waals surface area (Å²) in [6.07, 6.45) is 2.12. The number of methoxy groups -OCH3 is 1. The quantitative estimate of drug-likeness (QED) is 0.661. The largest absolute Gasteiger partial charge is 0.467 e. The number of hydrogen-bond donors (Lipinski definition) is 3.